The number of alkyl halides is 3. The fourth-order valence-electron chi connectivity index (χ4n) is 6.64. The number of esters is 1. The van der Waals surface area contributed by atoms with E-state index in [1.807, 2.05) is 37.7 Å². The van der Waals surface area contributed by atoms with Crippen molar-refractivity contribution in [1.29, 1.82) is 0 Å². The van der Waals surface area contributed by atoms with E-state index in [4.69, 9.17) is 0 Å². The molecule has 2 unspecified atom stereocenters. The van der Waals surface area contributed by atoms with E-state index in [0.717, 1.165) is 91.9 Å². The van der Waals surface area contributed by atoms with Gasteiger partial charge in [-0.3, -0.25) is 4.79 Å². The molecular formula is C44H75F3N3O4S+. The maximum absolute atomic E-state index is 13.0. The number of unbranched alkanes of at least 4 members (excludes halogenated alkanes) is 3. The average molecular weight is 799 g/mol. The minimum atomic E-state index is -4.85. The fraction of sp³-hybridized carbons (Fsp3) is 0.682. The number of nitrogens with one attached hydrogen (secondary N) is 1. The molecule has 3 atom stereocenters. The Bertz CT molecular complexity index is 1360. The van der Waals surface area contributed by atoms with Crippen LogP contribution in [-0.4, -0.2) is 86.9 Å². The zero-order valence-electron chi connectivity index (χ0n) is 36.2. The van der Waals surface area contributed by atoms with Crippen LogP contribution in [0.4, 0.5) is 24.5 Å². The first-order chi connectivity index (χ1) is 26.1. The van der Waals surface area contributed by atoms with Crippen molar-refractivity contribution in [2.24, 2.45) is 5.41 Å². The Morgan fingerprint density at radius 1 is 0.927 bits per heavy atom. The summed E-state index contributed by atoms with van der Waals surface area (Å²) in [7, 11) is 4.81. The van der Waals surface area contributed by atoms with Crippen LogP contribution in [0, 0.1) is 5.41 Å². The Labute approximate surface area is 336 Å². The van der Waals surface area contributed by atoms with E-state index in [2.05, 4.69) is 108 Å². The fourth-order valence-corrected chi connectivity index (χ4v) is 8.12. The Balaban J connectivity index is 0.00000178. The highest BCUT2D eigenvalue weighted by molar-refractivity contribution is 7.99. The van der Waals surface area contributed by atoms with Crippen molar-refractivity contribution in [3.05, 3.63) is 53.6 Å². The molecule has 316 valence electrons. The van der Waals surface area contributed by atoms with Crippen molar-refractivity contribution >= 4 is 35.0 Å². The molecule has 1 amide bonds. The molecule has 2 aromatic carbocycles. The first-order valence-corrected chi connectivity index (χ1v) is 21.6. The number of hydrogen-bond acceptors (Lipinski definition) is 6. The van der Waals surface area contributed by atoms with Gasteiger partial charge in [-0.05, 0) is 87.9 Å². The second-order valence-electron chi connectivity index (χ2n) is 14.3. The summed E-state index contributed by atoms with van der Waals surface area (Å²) in [5.74, 6) is -1.34. The number of fused-ring (bicyclic) bond motifs is 1. The lowest BCUT2D eigenvalue weighted by atomic mass is 9.69. The van der Waals surface area contributed by atoms with Gasteiger partial charge >= 0.3 is 12.1 Å². The number of nitrogens with zero attached hydrogens (tertiary/aromatic N) is 2. The van der Waals surface area contributed by atoms with Gasteiger partial charge in [0, 0.05) is 53.9 Å². The number of aliphatic hydroxyl groups is 1. The van der Waals surface area contributed by atoms with E-state index >= 15 is 0 Å². The molecule has 2 aromatic rings. The number of methoxy groups -OCH3 is 1. The lowest BCUT2D eigenvalue weighted by Crippen LogP contribution is -2.48. The third-order valence-corrected chi connectivity index (χ3v) is 12.2. The van der Waals surface area contributed by atoms with Crippen molar-refractivity contribution in [2.45, 2.75) is 143 Å². The largest absolute Gasteiger partial charge is 0.490 e. The number of hydrogen-bond donors (Lipinski definition) is 2. The third kappa shape index (κ3) is 16.7. The minimum absolute atomic E-state index is 0.0721. The van der Waals surface area contributed by atoms with E-state index in [1.165, 1.54) is 23.3 Å². The first kappa shape index (κ1) is 52.2. The molecule has 0 radical (unpaired) electrons. The van der Waals surface area contributed by atoms with Crippen molar-refractivity contribution in [2.75, 3.05) is 63.4 Å². The number of rotatable bonds is 16. The van der Waals surface area contributed by atoms with Crippen LogP contribution in [-0.2, 0) is 14.3 Å². The van der Waals surface area contributed by atoms with Gasteiger partial charge in [0.2, 0.25) is 5.91 Å². The molecule has 0 bridgehead atoms. The van der Waals surface area contributed by atoms with Crippen LogP contribution in [0.5, 0.6) is 0 Å². The summed E-state index contributed by atoms with van der Waals surface area (Å²) in [4.78, 5) is 25.8. The SMILES string of the molecule is CC.CCCC.CCCC[C@@]1(CC)CSc2ccc(N(C)C)cc2C(c2cccc(NC(=O)CCCC[N+](CC)(CC)CC)c2)C1O.COC(=O)C(F)(F)F. The van der Waals surface area contributed by atoms with Gasteiger partial charge < -0.3 is 24.5 Å². The summed E-state index contributed by atoms with van der Waals surface area (Å²) >= 11 is 1.90. The molecule has 0 aliphatic carbocycles. The Hall–Kier alpha value is -2.76. The summed E-state index contributed by atoms with van der Waals surface area (Å²) in [6.45, 7) is 24.2. The average Bonchev–Trinajstić information content (AvgIpc) is 3.31. The normalized spacial score (nSPS) is 17.7. The summed E-state index contributed by atoms with van der Waals surface area (Å²) in [6, 6.07) is 14.9. The Kier molecular flexibility index (Phi) is 25.6. The lowest BCUT2D eigenvalue weighted by Gasteiger charge is -2.40. The smallest absolute Gasteiger partial charge is 0.462 e. The van der Waals surface area contributed by atoms with Crippen LogP contribution < -0.4 is 10.2 Å². The maximum atomic E-state index is 13.0. The number of benzene rings is 2. The van der Waals surface area contributed by atoms with E-state index in [-0.39, 0.29) is 17.2 Å². The van der Waals surface area contributed by atoms with Crippen molar-refractivity contribution in [3.8, 4) is 0 Å². The first-order valence-electron chi connectivity index (χ1n) is 20.6. The van der Waals surface area contributed by atoms with Crippen molar-refractivity contribution in [3.63, 3.8) is 0 Å². The van der Waals surface area contributed by atoms with Crippen LogP contribution in [0.3, 0.4) is 0 Å². The van der Waals surface area contributed by atoms with Gasteiger partial charge in [-0.25, -0.2) is 4.79 Å². The molecule has 0 saturated heterocycles. The minimum Gasteiger partial charge on any atom is -0.462 e. The van der Waals surface area contributed by atoms with E-state index in [1.54, 1.807) is 0 Å². The van der Waals surface area contributed by atoms with E-state index in [9.17, 15) is 27.9 Å². The number of amides is 1. The van der Waals surface area contributed by atoms with Gasteiger partial charge in [0.15, 0.2) is 0 Å². The lowest BCUT2D eigenvalue weighted by molar-refractivity contribution is -0.923. The molecule has 11 heteroatoms. The molecule has 7 nitrogen and oxygen atoms in total. The topological polar surface area (TPSA) is 78.9 Å². The van der Waals surface area contributed by atoms with Crippen molar-refractivity contribution < 1.29 is 37.1 Å². The van der Waals surface area contributed by atoms with Gasteiger partial charge in [0.1, 0.15) is 0 Å². The maximum Gasteiger partial charge on any atom is 0.490 e. The molecule has 1 aliphatic rings. The van der Waals surface area contributed by atoms with Crippen LogP contribution in [0.1, 0.15) is 137 Å². The number of aliphatic hydroxyl groups excluding tert-OH is 1. The summed E-state index contributed by atoms with van der Waals surface area (Å²) in [5.41, 5.74) is 4.05. The number of carbonyl (C=O) groups is 2. The number of halogens is 3. The van der Waals surface area contributed by atoms with Gasteiger partial charge in [-0.2, -0.15) is 13.2 Å². The number of carbonyl (C=O) groups excluding carboxylic acids is 2. The molecule has 2 N–H and O–H groups in total. The second-order valence-corrected chi connectivity index (χ2v) is 15.3. The Morgan fingerprint density at radius 3 is 2.02 bits per heavy atom. The molecule has 0 fully saturated rings. The third-order valence-electron chi connectivity index (χ3n) is 10.8. The highest BCUT2D eigenvalue weighted by atomic mass is 32.2. The summed E-state index contributed by atoms with van der Waals surface area (Å²) in [6.07, 6.45) is 3.98. The summed E-state index contributed by atoms with van der Waals surface area (Å²) in [5, 5.41) is 15.4. The van der Waals surface area contributed by atoms with Gasteiger partial charge in [0.25, 0.3) is 0 Å². The predicted molar refractivity (Wildman–Crippen MR) is 227 cm³/mol. The van der Waals surface area contributed by atoms with Gasteiger partial charge in [-0.15, -0.1) is 11.8 Å². The molecule has 1 heterocycles. The standard InChI is InChI=1S/C35H55N3O2S.C4H10.C3H3F3O2.C2H6/c1-8-13-22-35(9-2)26-41-31-21-20-29(37(6)7)25-30(31)33(34(35)40)27-17-16-18-28(24-27)36-32(39)19-14-15-23-38(10-3,11-4)12-5;1-3-4-2;1-8-2(7)3(4,5)6;1-2/h16-18,20-21,24-25,33-34,40H,8-15,19,22-23,26H2,1-7H3;3-4H2,1-2H3;1H3;1-2H3/p+1/t33?,34?,35-;;;/m0.../s1. The van der Waals surface area contributed by atoms with E-state index in [0.29, 0.717) is 13.5 Å². The van der Waals surface area contributed by atoms with Crippen LogP contribution in [0.15, 0.2) is 47.4 Å². The molecular weight excluding hydrogens is 724 g/mol. The monoisotopic (exact) mass is 799 g/mol. The zero-order chi connectivity index (χ0) is 42.2. The van der Waals surface area contributed by atoms with Crippen LogP contribution in [0.2, 0.25) is 0 Å². The molecule has 3 rings (SSSR count). The number of ether oxygens (including phenoxy) is 1. The molecule has 1 aliphatic heterocycles. The highest BCUT2D eigenvalue weighted by Crippen LogP contribution is 2.51. The van der Waals surface area contributed by atoms with Crippen LogP contribution in [0.25, 0.3) is 0 Å². The quantitative estimate of drug-likeness (QED) is 0.100. The Morgan fingerprint density at radius 2 is 1.55 bits per heavy atom. The summed E-state index contributed by atoms with van der Waals surface area (Å²) < 4.78 is 37.4. The molecule has 0 spiro atoms. The molecule has 0 saturated carbocycles. The molecule has 55 heavy (non-hydrogen) atoms. The number of anilines is 2. The highest BCUT2D eigenvalue weighted by Gasteiger charge is 2.44. The number of thioether (sulfide) groups is 1. The second kappa shape index (κ2) is 27.0. The number of quaternary nitrogens is 1. The predicted octanol–water partition coefficient (Wildman–Crippen LogP) is 11.5. The molecule has 0 aromatic heterocycles. The van der Waals surface area contributed by atoms with Gasteiger partial charge in [0.05, 0.1) is 39.4 Å². The zero-order valence-corrected chi connectivity index (χ0v) is 37.0. The van der Waals surface area contributed by atoms with Gasteiger partial charge in [-0.1, -0.05) is 79.4 Å². The van der Waals surface area contributed by atoms with Crippen LogP contribution >= 0.6 is 11.8 Å². The van der Waals surface area contributed by atoms with E-state index < -0.39 is 18.2 Å². The van der Waals surface area contributed by atoms with Crippen molar-refractivity contribution in [1.82, 2.24) is 0 Å².